The molecule has 2 nitrogen and oxygen atoms in total. The van der Waals surface area contributed by atoms with Gasteiger partial charge in [0.05, 0.1) is 17.1 Å². The van der Waals surface area contributed by atoms with Crippen LogP contribution in [0.1, 0.15) is 179 Å². The topological polar surface area (TPSA) is 24.7 Å². The average molecular weight is 601 g/mol. The van der Waals surface area contributed by atoms with Crippen LogP contribution in [0.5, 0.6) is 0 Å². The van der Waals surface area contributed by atoms with Crippen LogP contribution in [0.25, 0.3) is 0 Å². The van der Waals surface area contributed by atoms with Crippen LogP contribution in [-0.2, 0) is 32.1 Å². The molecule has 0 spiro atoms. The van der Waals surface area contributed by atoms with E-state index >= 15 is 0 Å². The van der Waals surface area contributed by atoms with Crippen molar-refractivity contribution >= 4 is 23.3 Å². The first kappa shape index (κ1) is 38.0. The lowest BCUT2D eigenvalue weighted by Crippen LogP contribution is -2.02. The molecule has 0 amide bonds. The summed E-state index contributed by atoms with van der Waals surface area (Å²) >= 11 is 0. The molecule has 2 heteroatoms. The summed E-state index contributed by atoms with van der Waals surface area (Å²) in [5.41, 5.74) is 10.8. The molecule has 2 rings (SSSR count). The zero-order chi connectivity index (χ0) is 31.8. The number of rotatable bonds is 25. The Morgan fingerprint density at radius 1 is 0.500 bits per heavy atom. The summed E-state index contributed by atoms with van der Waals surface area (Å²) in [6, 6.07) is 11.7. The van der Waals surface area contributed by atoms with Crippen LogP contribution >= 0.6 is 0 Å². The fourth-order valence-corrected chi connectivity index (χ4v) is 6.32. The predicted octanol–water partition coefficient (Wildman–Crippen LogP) is 13.6. The second-order valence-corrected chi connectivity index (χ2v) is 13.0. The number of benzene rings is 2. The summed E-state index contributed by atoms with van der Waals surface area (Å²) in [6.45, 7) is 13.7. The highest BCUT2D eigenvalue weighted by molar-refractivity contribution is 6.31. The van der Waals surface area contributed by atoms with Gasteiger partial charge in [-0.3, -0.25) is 9.98 Å². The van der Waals surface area contributed by atoms with E-state index in [1.807, 2.05) is 6.21 Å². The second kappa shape index (κ2) is 24.1. The minimum absolute atomic E-state index is 0.882. The fraction of sp³-hybridized carbons (Fsp3) is 0.667. The van der Waals surface area contributed by atoms with Gasteiger partial charge in [0.15, 0.2) is 0 Å². The van der Waals surface area contributed by atoms with E-state index in [9.17, 15) is 0 Å². The molecule has 0 unspecified atom stereocenters. The summed E-state index contributed by atoms with van der Waals surface area (Å²) in [7, 11) is 0. The molecular weight excluding hydrogens is 532 g/mol. The van der Waals surface area contributed by atoms with E-state index < -0.39 is 0 Å². The maximum absolute atomic E-state index is 5.12. The van der Waals surface area contributed by atoms with E-state index in [4.69, 9.17) is 9.98 Å². The summed E-state index contributed by atoms with van der Waals surface area (Å²) in [4.78, 5) is 10.2. The maximum Gasteiger partial charge on any atom is 0.0639 e. The van der Waals surface area contributed by atoms with E-state index in [0.29, 0.717) is 0 Å². The van der Waals surface area contributed by atoms with Crippen molar-refractivity contribution < 1.29 is 0 Å². The van der Waals surface area contributed by atoms with Crippen LogP contribution < -0.4 is 0 Å². The zero-order valence-electron chi connectivity index (χ0n) is 29.9. The van der Waals surface area contributed by atoms with Gasteiger partial charge in [0.2, 0.25) is 0 Å². The number of nitrogens with zero attached hydrogens (tertiary/aromatic N) is 2. The summed E-state index contributed by atoms with van der Waals surface area (Å²) in [6.07, 6.45) is 30.0. The van der Waals surface area contributed by atoms with E-state index in [1.54, 1.807) is 11.1 Å². The highest BCUT2D eigenvalue weighted by Gasteiger charge is 2.11. The number of hydrogen-bond donors (Lipinski definition) is 0. The number of aliphatic imine (C=N–C) groups is 2. The quantitative estimate of drug-likeness (QED) is 0.0800. The zero-order valence-corrected chi connectivity index (χ0v) is 29.9. The van der Waals surface area contributed by atoms with Gasteiger partial charge in [0.25, 0.3) is 0 Å². The third-order valence-corrected chi connectivity index (χ3v) is 9.14. The third-order valence-electron chi connectivity index (χ3n) is 9.14. The molecular formula is C42H68N2. The molecule has 0 N–H and O–H groups in total. The highest BCUT2D eigenvalue weighted by atomic mass is 14.8. The van der Waals surface area contributed by atoms with E-state index in [1.165, 1.54) is 132 Å². The minimum Gasteiger partial charge on any atom is -0.255 e. The fourth-order valence-electron chi connectivity index (χ4n) is 6.32. The molecule has 44 heavy (non-hydrogen) atoms. The lowest BCUT2D eigenvalue weighted by Gasteiger charge is -2.16. The van der Waals surface area contributed by atoms with Gasteiger partial charge in [-0.05, 0) is 110 Å². The lowest BCUT2D eigenvalue weighted by atomic mass is 9.90. The Balaban J connectivity index is 2.23. The van der Waals surface area contributed by atoms with Crippen molar-refractivity contribution in [3.05, 3.63) is 58.1 Å². The maximum atomic E-state index is 5.12. The minimum atomic E-state index is 0.882. The predicted molar refractivity (Wildman–Crippen MR) is 199 cm³/mol. The Morgan fingerprint density at radius 3 is 1.66 bits per heavy atom. The highest BCUT2D eigenvalue weighted by Crippen LogP contribution is 2.28. The first-order chi connectivity index (χ1) is 21.6. The summed E-state index contributed by atoms with van der Waals surface area (Å²) in [5.74, 6) is 0. The van der Waals surface area contributed by atoms with Crippen LogP contribution in [0.3, 0.4) is 0 Å². The Morgan fingerprint density at radius 2 is 1.05 bits per heavy atom. The molecule has 0 saturated heterocycles. The van der Waals surface area contributed by atoms with E-state index in [0.717, 1.165) is 42.8 Å². The van der Waals surface area contributed by atoms with Gasteiger partial charge in [-0.2, -0.15) is 0 Å². The molecule has 0 radical (unpaired) electrons. The lowest BCUT2D eigenvalue weighted by molar-refractivity contribution is 0.605. The van der Waals surface area contributed by atoms with Crippen molar-refractivity contribution in [2.24, 2.45) is 9.98 Å². The molecule has 0 bridgehead atoms. The molecule has 0 saturated carbocycles. The molecule has 0 aliphatic rings. The number of aryl methyl sites for hydroxylation is 4. The first-order valence-electron chi connectivity index (χ1n) is 19.0. The van der Waals surface area contributed by atoms with Crippen LogP contribution in [0.15, 0.2) is 40.3 Å². The SMILES string of the molecule is CCCCCCCCc1cc(CC)cc(N=C(C=Nc2cc(CC)c(CCCCCC)c(CCCCCCCC)c2)CC)c1. The van der Waals surface area contributed by atoms with E-state index in [2.05, 4.69) is 71.9 Å². The standard InChI is InChI=1S/C42H68N2/c1-7-13-16-19-21-23-26-36-29-35(10-4)30-41(31-36)44-39(12-6)34-43-40-32-37(11-5)42(28-25-18-15-9-3)38(33-40)27-24-22-20-17-14-8-2/h29-34H,7-28H2,1-6H3. The smallest absolute Gasteiger partial charge is 0.0639 e. The molecule has 2 aromatic carbocycles. The molecule has 0 aliphatic carbocycles. The molecule has 0 heterocycles. The van der Waals surface area contributed by atoms with Crippen molar-refractivity contribution in [1.29, 1.82) is 0 Å². The van der Waals surface area contributed by atoms with Crippen molar-refractivity contribution in [1.82, 2.24) is 0 Å². The Hall–Kier alpha value is -2.22. The summed E-state index contributed by atoms with van der Waals surface area (Å²) in [5, 5.41) is 0. The Kier molecular flexibility index (Phi) is 20.8. The largest absolute Gasteiger partial charge is 0.255 e. The molecule has 0 aromatic heterocycles. The van der Waals surface area contributed by atoms with Crippen LogP contribution in [0, 0.1) is 0 Å². The van der Waals surface area contributed by atoms with Gasteiger partial charge in [0, 0.05) is 6.21 Å². The number of unbranched alkanes of at least 4 members (excludes halogenated alkanes) is 13. The van der Waals surface area contributed by atoms with Gasteiger partial charge in [0.1, 0.15) is 0 Å². The van der Waals surface area contributed by atoms with Crippen LogP contribution in [0.4, 0.5) is 11.4 Å². The average Bonchev–Trinajstić information content (AvgIpc) is 3.04. The van der Waals surface area contributed by atoms with Gasteiger partial charge in [-0.15, -0.1) is 0 Å². The van der Waals surface area contributed by atoms with Crippen LogP contribution in [0.2, 0.25) is 0 Å². The Bertz CT molecular complexity index is 1090. The van der Waals surface area contributed by atoms with Gasteiger partial charge in [-0.25, -0.2) is 0 Å². The monoisotopic (exact) mass is 601 g/mol. The molecule has 0 atom stereocenters. The molecule has 0 fully saturated rings. The van der Waals surface area contributed by atoms with Gasteiger partial charge >= 0.3 is 0 Å². The normalized spacial score (nSPS) is 12.1. The van der Waals surface area contributed by atoms with Crippen molar-refractivity contribution in [3.63, 3.8) is 0 Å². The van der Waals surface area contributed by atoms with E-state index in [-0.39, 0.29) is 0 Å². The third kappa shape index (κ3) is 15.2. The van der Waals surface area contributed by atoms with Crippen molar-refractivity contribution in [3.8, 4) is 0 Å². The molecule has 246 valence electrons. The van der Waals surface area contributed by atoms with Gasteiger partial charge < -0.3 is 0 Å². The first-order valence-corrected chi connectivity index (χ1v) is 19.0. The van der Waals surface area contributed by atoms with Crippen molar-refractivity contribution in [2.75, 3.05) is 0 Å². The molecule has 0 aliphatic heterocycles. The van der Waals surface area contributed by atoms with Gasteiger partial charge in [-0.1, -0.05) is 131 Å². The van der Waals surface area contributed by atoms with Crippen LogP contribution in [-0.4, -0.2) is 11.9 Å². The van der Waals surface area contributed by atoms with Crippen molar-refractivity contribution in [2.45, 2.75) is 183 Å². The Labute approximate surface area is 273 Å². The molecule has 2 aromatic rings. The summed E-state index contributed by atoms with van der Waals surface area (Å²) < 4.78 is 0. The second-order valence-electron chi connectivity index (χ2n) is 13.0. The number of hydrogen-bond acceptors (Lipinski definition) is 2.